The first-order chi connectivity index (χ1) is 13.8. The van der Waals surface area contributed by atoms with Crippen LogP contribution >= 0.6 is 11.6 Å². The second-order valence-electron chi connectivity index (χ2n) is 6.30. The summed E-state index contributed by atoms with van der Waals surface area (Å²) in [5.41, 5.74) is 0.867. The number of halogens is 1. The van der Waals surface area contributed by atoms with Gasteiger partial charge < -0.3 is 14.6 Å². The number of piperazine rings is 1. The fraction of sp³-hybridized carbons (Fsp3) is 0.353. The van der Waals surface area contributed by atoms with Crippen molar-refractivity contribution in [3.8, 4) is 0 Å². The smallest absolute Gasteiger partial charge is 0.395 e. The molecule has 0 bridgehead atoms. The normalized spacial score (nSPS) is 15.3. The second-order valence-corrected chi connectivity index (χ2v) is 8.80. The van der Waals surface area contributed by atoms with Crippen LogP contribution in [0.3, 0.4) is 0 Å². The number of rotatable bonds is 7. The maximum atomic E-state index is 12.5. The van der Waals surface area contributed by atoms with E-state index >= 15 is 0 Å². The summed E-state index contributed by atoms with van der Waals surface area (Å²) in [5, 5.41) is 13.6. The molecule has 2 aromatic rings. The number of benzene rings is 1. The summed E-state index contributed by atoms with van der Waals surface area (Å²) in [6.45, 7) is 1.49. The molecule has 1 fully saturated rings. The van der Waals surface area contributed by atoms with Crippen molar-refractivity contribution in [2.24, 2.45) is 0 Å². The number of furan rings is 1. The first kappa shape index (κ1) is 21.1. The molecule has 2 heterocycles. The molecule has 156 valence electrons. The molecule has 1 amide bonds. The third-order valence-electron chi connectivity index (χ3n) is 4.47. The van der Waals surface area contributed by atoms with Gasteiger partial charge in [0.25, 0.3) is 5.91 Å². The number of nitrogens with one attached hydrogen (secondary N) is 1. The van der Waals surface area contributed by atoms with Gasteiger partial charge in [-0.3, -0.25) is 14.9 Å². The number of sulfonamides is 1. The lowest BCUT2D eigenvalue weighted by molar-refractivity contribution is -0.402. The predicted molar refractivity (Wildman–Crippen MR) is 107 cm³/mol. The van der Waals surface area contributed by atoms with Gasteiger partial charge in [-0.15, -0.1) is 0 Å². The van der Waals surface area contributed by atoms with Gasteiger partial charge in [-0.1, -0.05) is 23.7 Å². The molecule has 1 aliphatic heterocycles. The van der Waals surface area contributed by atoms with E-state index in [1.54, 1.807) is 6.07 Å². The van der Waals surface area contributed by atoms with Crippen molar-refractivity contribution in [1.82, 2.24) is 9.62 Å². The van der Waals surface area contributed by atoms with E-state index in [-0.39, 0.29) is 18.1 Å². The number of para-hydroxylation sites is 1. The first-order valence-corrected chi connectivity index (χ1v) is 10.8. The first-order valence-electron chi connectivity index (χ1n) is 8.77. The number of carbonyl (C=O) groups excluding carboxylic acids is 1. The topological polar surface area (TPSA) is 126 Å². The van der Waals surface area contributed by atoms with Crippen molar-refractivity contribution in [2.45, 2.75) is 0 Å². The minimum Gasteiger partial charge on any atom is -0.395 e. The standard InChI is InChI=1S/C17H19ClN4O6S/c18-13-3-1-2-4-14(13)20-8-10-21(11-9-20)29(26,27)12-7-19-17(23)15-5-6-16(28-15)22(24)25/h1-6H,7-12H2,(H,19,23). The van der Waals surface area contributed by atoms with Crippen LogP contribution in [-0.4, -0.2) is 62.0 Å². The van der Waals surface area contributed by atoms with Gasteiger partial charge in [0.05, 0.1) is 22.5 Å². The number of nitrogens with zero attached hydrogens (tertiary/aromatic N) is 3. The molecule has 0 spiro atoms. The number of hydrogen-bond acceptors (Lipinski definition) is 7. The summed E-state index contributed by atoms with van der Waals surface area (Å²) in [5.74, 6) is -1.80. The molecule has 0 radical (unpaired) electrons. The Morgan fingerprint density at radius 2 is 1.86 bits per heavy atom. The van der Waals surface area contributed by atoms with Crippen molar-refractivity contribution in [2.75, 3.05) is 43.4 Å². The van der Waals surface area contributed by atoms with Crippen molar-refractivity contribution >= 4 is 39.1 Å². The molecule has 0 aliphatic carbocycles. The van der Waals surface area contributed by atoms with E-state index in [1.165, 1.54) is 4.31 Å². The van der Waals surface area contributed by atoms with Crippen LogP contribution < -0.4 is 10.2 Å². The average Bonchev–Trinajstić information content (AvgIpc) is 3.19. The van der Waals surface area contributed by atoms with E-state index in [0.29, 0.717) is 31.2 Å². The average molecular weight is 443 g/mol. The Labute approximate surface area is 172 Å². The highest BCUT2D eigenvalue weighted by Gasteiger charge is 2.27. The van der Waals surface area contributed by atoms with Gasteiger partial charge in [0.1, 0.15) is 4.92 Å². The van der Waals surface area contributed by atoms with Crippen LogP contribution in [-0.2, 0) is 10.0 Å². The molecular weight excluding hydrogens is 424 g/mol. The third kappa shape index (κ3) is 5.05. The molecule has 1 saturated heterocycles. The van der Waals surface area contributed by atoms with E-state index in [2.05, 4.69) is 5.32 Å². The number of anilines is 1. The Morgan fingerprint density at radius 3 is 2.48 bits per heavy atom. The Kier molecular flexibility index (Phi) is 6.40. The molecule has 29 heavy (non-hydrogen) atoms. The molecule has 1 N–H and O–H groups in total. The lowest BCUT2D eigenvalue weighted by atomic mass is 10.2. The lowest BCUT2D eigenvalue weighted by Gasteiger charge is -2.35. The highest BCUT2D eigenvalue weighted by molar-refractivity contribution is 7.89. The highest BCUT2D eigenvalue weighted by Crippen LogP contribution is 2.26. The Hall–Kier alpha value is -2.63. The summed E-state index contributed by atoms with van der Waals surface area (Å²) in [7, 11) is -3.57. The summed E-state index contributed by atoms with van der Waals surface area (Å²) in [4.78, 5) is 23.8. The SMILES string of the molecule is O=C(NCCS(=O)(=O)N1CCN(c2ccccc2Cl)CC1)c1ccc([N+](=O)[O-])o1. The summed E-state index contributed by atoms with van der Waals surface area (Å²) in [6, 6.07) is 9.61. The molecule has 1 aromatic carbocycles. The number of nitro groups is 1. The second kappa shape index (κ2) is 8.80. The van der Waals surface area contributed by atoms with Crippen LogP contribution in [0.4, 0.5) is 11.6 Å². The van der Waals surface area contributed by atoms with Crippen molar-refractivity contribution in [3.63, 3.8) is 0 Å². The fourth-order valence-corrected chi connectivity index (χ4v) is 4.57. The van der Waals surface area contributed by atoms with Gasteiger partial charge in [0, 0.05) is 32.7 Å². The quantitative estimate of drug-likeness (QED) is 0.511. The van der Waals surface area contributed by atoms with Crippen LogP contribution in [0.5, 0.6) is 0 Å². The predicted octanol–water partition coefficient (Wildman–Crippen LogP) is 1.72. The molecule has 0 unspecified atom stereocenters. The van der Waals surface area contributed by atoms with E-state index in [0.717, 1.165) is 17.8 Å². The number of hydrogen-bond donors (Lipinski definition) is 1. The maximum Gasteiger partial charge on any atom is 0.433 e. The van der Waals surface area contributed by atoms with Crippen LogP contribution in [0.2, 0.25) is 5.02 Å². The largest absolute Gasteiger partial charge is 0.433 e. The number of amides is 1. The van der Waals surface area contributed by atoms with Gasteiger partial charge >= 0.3 is 5.88 Å². The molecule has 1 aliphatic rings. The van der Waals surface area contributed by atoms with Crippen LogP contribution in [0.15, 0.2) is 40.8 Å². The molecule has 0 atom stereocenters. The highest BCUT2D eigenvalue weighted by atomic mass is 35.5. The van der Waals surface area contributed by atoms with E-state index in [1.807, 2.05) is 23.1 Å². The van der Waals surface area contributed by atoms with E-state index < -0.39 is 26.7 Å². The van der Waals surface area contributed by atoms with Crippen LogP contribution in [0.1, 0.15) is 10.6 Å². The summed E-state index contributed by atoms with van der Waals surface area (Å²) >= 11 is 6.19. The third-order valence-corrected chi connectivity index (χ3v) is 6.66. The van der Waals surface area contributed by atoms with Crippen molar-refractivity contribution < 1.29 is 22.6 Å². The zero-order chi connectivity index (χ0) is 21.0. The monoisotopic (exact) mass is 442 g/mol. The molecule has 10 nitrogen and oxygen atoms in total. The van der Waals surface area contributed by atoms with Crippen LogP contribution in [0, 0.1) is 10.1 Å². The number of carbonyl (C=O) groups is 1. The Bertz CT molecular complexity index is 1000. The molecule has 12 heteroatoms. The zero-order valence-electron chi connectivity index (χ0n) is 15.3. The van der Waals surface area contributed by atoms with Gasteiger partial charge in [-0.2, -0.15) is 4.31 Å². The van der Waals surface area contributed by atoms with E-state index in [9.17, 15) is 23.3 Å². The van der Waals surface area contributed by atoms with Gasteiger partial charge in [-0.25, -0.2) is 8.42 Å². The summed E-state index contributed by atoms with van der Waals surface area (Å²) in [6.07, 6.45) is 0. The zero-order valence-corrected chi connectivity index (χ0v) is 16.9. The minimum atomic E-state index is -3.57. The van der Waals surface area contributed by atoms with Crippen LogP contribution in [0.25, 0.3) is 0 Å². The van der Waals surface area contributed by atoms with Gasteiger partial charge in [0.15, 0.2) is 5.76 Å². The maximum absolute atomic E-state index is 12.5. The van der Waals surface area contributed by atoms with E-state index in [4.69, 9.17) is 16.0 Å². The van der Waals surface area contributed by atoms with Gasteiger partial charge in [-0.05, 0) is 18.2 Å². The minimum absolute atomic E-state index is 0.139. The molecular formula is C17H19ClN4O6S. The van der Waals surface area contributed by atoms with Crippen molar-refractivity contribution in [1.29, 1.82) is 0 Å². The lowest BCUT2D eigenvalue weighted by Crippen LogP contribution is -2.50. The summed E-state index contributed by atoms with van der Waals surface area (Å²) < 4.78 is 31.2. The molecule has 3 rings (SSSR count). The Morgan fingerprint density at radius 1 is 1.17 bits per heavy atom. The Balaban J connectivity index is 1.49. The van der Waals surface area contributed by atoms with Gasteiger partial charge in [0.2, 0.25) is 10.0 Å². The molecule has 0 saturated carbocycles. The fourth-order valence-electron chi connectivity index (χ4n) is 2.97. The molecule has 1 aromatic heterocycles. The van der Waals surface area contributed by atoms with Crippen molar-refractivity contribution in [3.05, 3.63) is 57.3 Å².